The summed E-state index contributed by atoms with van der Waals surface area (Å²) in [5.41, 5.74) is 0. The second-order valence-electron chi connectivity index (χ2n) is 4.94. The maximum atomic E-state index is 5.67. The van der Waals surface area contributed by atoms with Crippen molar-refractivity contribution in [2.24, 2.45) is 11.8 Å². The van der Waals surface area contributed by atoms with Crippen molar-refractivity contribution >= 4 is 15.9 Å². The molecule has 100 valence electrons. The fraction of sp³-hybridized carbons (Fsp3) is 0.857. The summed E-state index contributed by atoms with van der Waals surface area (Å²) in [5.74, 6) is 1.75. The van der Waals surface area contributed by atoms with Gasteiger partial charge in [0, 0.05) is 11.9 Å². The molecule has 0 heterocycles. The second-order valence-corrected chi connectivity index (χ2v) is 5.59. The van der Waals surface area contributed by atoms with Gasteiger partial charge >= 0.3 is 0 Å². The lowest BCUT2D eigenvalue weighted by molar-refractivity contribution is 0.0951. The Hall–Kier alpha value is 0.140. The molecule has 3 heteroatoms. The monoisotopic (exact) mass is 303 g/mol. The predicted molar refractivity (Wildman–Crippen MR) is 77.7 cm³/mol. The Kier molecular flexibility index (Phi) is 9.03. The Bertz CT molecular complexity index is 200. The van der Waals surface area contributed by atoms with Gasteiger partial charge in [0.1, 0.15) is 0 Å². The first-order valence-corrected chi connectivity index (χ1v) is 7.92. The Morgan fingerprint density at radius 2 is 1.88 bits per heavy atom. The molecule has 0 unspecified atom stereocenters. The van der Waals surface area contributed by atoms with Crippen molar-refractivity contribution < 1.29 is 4.74 Å². The van der Waals surface area contributed by atoms with E-state index in [1.807, 2.05) is 7.05 Å². The largest absolute Gasteiger partial charge is 0.377 e. The van der Waals surface area contributed by atoms with Crippen molar-refractivity contribution in [1.82, 2.24) is 5.32 Å². The highest BCUT2D eigenvalue weighted by Gasteiger charge is 2.20. The summed E-state index contributed by atoms with van der Waals surface area (Å²) >= 11 is 3.36. The number of hydrogen-bond donors (Lipinski definition) is 1. The van der Waals surface area contributed by atoms with Crippen LogP contribution in [0.25, 0.3) is 0 Å². The molecule has 0 bridgehead atoms. The number of ether oxygens (including phenoxy) is 1. The quantitative estimate of drug-likeness (QED) is 0.422. The molecule has 1 fully saturated rings. The van der Waals surface area contributed by atoms with Crippen LogP contribution in [0.2, 0.25) is 0 Å². The lowest BCUT2D eigenvalue weighted by Crippen LogP contribution is -2.21. The maximum Gasteiger partial charge on any atom is 0.0647 e. The van der Waals surface area contributed by atoms with Crippen molar-refractivity contribution in [3.8, 4) is 0 Å². The second kappa shape index (κ2) is 10.1. The molecule has 0 aromatic rings. The van der Waals surface area contributed by atoms with Crippen LogP contribution in [-0.2, 0) is 4.74 Å². The summed E-state index contributed by atoms with van der Waals surface area (Å²) in [6.07, 6.45) is 11.0. The van der Waals surface area contributed by atoms with Gasteiger partial charge in [-0.05, 0) is 44.7 Å². The Morgan fingerprint density at radius 3 is 2.53 bits per heavy atom. The van der Waals surface area contributed by atoms with Crippen LogP contribution in [0.4, 0.5) is 0 Å². The van der Waals surface area contributed by atoms with Crippen LogP contribution in [0.3, 0.4) is 0 Å². The molecule has 1 N–H and O–H groups in total. The zero-order chi connectivity index (χ0) is 12.3. The standard InChI is InChI=1S/C14H26BrNO/c1-16-10-8-13-4-6-14(7-5-13)12-17-11-3-2-9-15/h2-3,13-14,16H,4-12H2,1H3/b3-2+. The number of halogens is 1. The fourth-order valence-corrected chi connectivity index (χ4v) is 2.73. The van der Waals surface area contributed by atoms with E-state index in [2.05, 4.69) is 33.4 Å². The Balaban J connectivity index is 2.00. The average Bonchev–Trinajstić information content (AvgIpc) is 2.37. The zero-order valence-electron chi connectivity index (χ0n) is 11.0. The van der Waals surface area contributed by atoms with Gasteiger partial charge in [-0.1, -0.05) is 40.9 Å². The van der Waals surface area contributed by atoms with E-state index in [0.29, 0.717) is 0 Å². The molecule has 1 rings (SSSR count). The summed E-state index contributed by atoms with van der Waals surface area (Å²) in [4.78, 5) is 0. The van der Waals surface area contributed by atoms with Gasteiger partial charge in [0.25, 0.3) is 0 Å². The summed E-state index contributed by atoms with van der Waals surface area (Å²) in [7, 11) is 2.04. The zero-order valence-corrected chi connectivity index (χ0v) is 12.5. The van der Waals surface area contributed by atoms with Crippen LogP contribution >= 0.6 is 15.9 Å². The first kappa shape index (κ1) is 15.2. The number of rotatable bonds is 8. The molecule has 0 radical (unpaired) electrons. The van der Waals surface area contributed by atoms with Gasteiger partial charge in [-0.2, -0.15) is 0 Å². The molecule has 0 aromatic carbocycles. The summed E-state index contributed by atoms with van der Waals surface area (Å²) < 4.78 is 5.67. The molecule has 0 spiro atoms. The fourth-order valence-electron chi connectivity index (χ4n) is 2.47. The molecule has 0 aromatic heterocycles. The topological polar surface area (TPSA) is 21.3 Å². The number of hydrogen-bond acceptors (Lipinski definition) is 2. The van der Waals surface area contributed by atoms with Crippen LogP contribution in [-0.4, -0.2) is 32.1 Å². The molecule has 2 nitrogen and oxygen atoms in total. The highest BCUT2D eigenvalue weighted by Crippen LogP contribution is 2.30. The van der Waals surface area contributed by atoms with E-state index in [9.17, 15) is 0 Å². The van der Waals surface area contributed by atoms with E-state index in [1.165, 1.54) is 38.6 Å². The summed E-state index contributed by atoms with van der Waals surface area (Å²) in [6.45, 7) is 2.89. The van der Waals surface area contributed by atoms with E-state index < -0.39 is 0 Å². The van der Waals surface area contributed by atoms with Crippen molar-refractivity contribution in [1.29, 1.82) is 0 Å². The number of alkyl halides is 1. The van der Waals surface area contributed by atoms with Crippen molar-refractivity contribution in [2.75, 3.05) is 32.1 Å². The summed E-state index contributed by atoms with van der Waals surface area (Å²) in [5, 5.41) is 4.17. The molecule has 0 aliphatic heterocycles. The average molecular weight is 304 g/mol. The minimum atomic E-state index is 0.769. The van der Waals surface area contributed by atoms with Crippen LogP contribution in [0.5, 0.6) is 0 Å². The van der Waals surface area contributed by atoms with E-state index in [1.54, 1.807) is 0 Å². The minimum absolute atomic E-state index is 0.769. The third-order valence-corrected chi connectivity index (χ3v) is 3.97. The Morgan fingerprint density at radius 1 is 1.18 bits per heavy atom. The van der Waals surface area contributed by atoms with Gasteiger partial charge in [-0.15, -0.1) is 0 Å². The lowest BCUT2D eigenvalue weighted by atomic mass is 9.81. The Labute approximate surface area is 114 Å². The van der Waals surface area contributed by atoms with E-state index in [0.717, 1.165) is 30.4 Å². The van der Waals surface area contributed by atoms with Gasteiger partial charge in [0.05, 0.1) is 6.61 Å². The molecule has 17 heavy (non-hydrogen) atoms. The van der Waals surface area contributed by atoms with Crippen LogP contribution in [0.15, 0.2) is 12.2 Å². The van der Waals surface area contributed by atoms with Crippen molar-refractivity contribution in [3.05, 3.63) is 12.2 Å². The molecule has 0 amide bonds. The van der Waals surface area contributed by atoms with Gasteiger partial charge in [0.15, 0.2) is 0 Å². The molecular formula is C14H26BrNO. The molecule has 1 saturated carbocycles. The predicted octanol–water partition coefficient (Wildman–Crippen LogP) is 3.37. The molecule has 0 saturated heterocycles. The van der Waals surface area contributed by atoms with E-state index in [-0.39, 0.29) is 0 Å². The van der Waals surface area contributed by atoms with Crippen LogP contribution < -0.4 is 5.32 Å². The SMILES string of the molecule is CNCCC1CCC(COC/C=C/CBr)CC1. The lowest BCUT2D eigenvalue weighted by Gasteiger charge is -2.28. The van der Waals surface area contributed by atoms with Crippen molar-refractivity contribution in [2.45, 2.75) is 32.1 Å². The van der Waals surface area contributed by atoms with Crippen LogP contribution in [0.1, 0.15) is 32.1 Å². The first-order valence-electron chi connectivity index (χ1n) is 6.80. The third-order valence-electron chi connectivity index (χ3n) is 3.59. The molecule has 1 aliphatic rings. The minimum Gasteiger partial charge on any atom is -0.377 e. The van der Waals surface area contributed by atoms with Gasteiger partial charge < -0.3 is 10.1 Å². The van der Waals surface area contributed by atoms with Gasteiger partial charge in [-0.3, -0.25) is 0 Å². The smallest absolute Gasteiger partial charge is 0.0647 e. The summed E-state index contributed by atoms with van der Waals surface area (Å²) in [6, 6.07) is 0. The van der Waals surface area contributed by atoms with E-state index in [4.69, 9.17) is 4.74 Å². The van der Waals surface area contributed by atoms with Gasteiger partial charge in [0.2, 0.25) is 0 Å². The molecular weight excluding hydrogens is 278 g/mol. The van der Waals surface area contributed by atoms with Crippen LogP contribution in [0, 0.1) is 11.8 Å². The maximum absolute atomic E-state index is 5.67. The normalized spacial score (nSPS) is 25.5. The van der Waals surface area contributed by atoms with Gasteiger partial charge in [-0.25, -0.2) is 0 Å². The van der Waals surface area contributed by atoms with Crippen molar-refractivity contribution in [3.63, 3.8) is 0 Å². The number of allylic oxidation sites excluding steroid dienone is 1. The van der Waals surface area contributed by atoms with E-state index >= 15 is 0 Å². The molecule has 0 atom stereocenters. The highest BCUT2D eigenvalue weighted by atomic mass is 79.9. The first-order chi connectivity index (χ1) is 8.36. The number of nitrogens with one attached hydrogen (secondary N) is 1. The third kappa shape index (κ3) is 7.22. The molecule has 1 aliphatic carbocycles. The highest BCUT2D eigenvalue weighted by molar-refractivity contribution is 9.09.